The summed E-state index contributed by atoms with van der Waals surface area (Å²) in [5.41, 5.74) is 2.65. The van der Waals surface area contributed by atoms with Gasteiger partial charge < -0.3 is 5.32 Å². The molecule has 0 fully saturated rings. The Balaban J connectivity index is 2.02. The fourth-order valence-electron chi connectivity index (χ4n) is 2.25. The predicted molar refractivity (Wildman–Crippen MR) is 87.0 cm³/mol. The lowest BCUT2D eigenvalue weighted by Gasteiger charge is -2.12. The van der Waals surface area contributed by atoms with Gasteiger partial charge in [-0.3, -0.25) is 4.79 Å². The van der Waals surface area contributed by atoms with E-state index in [0.717, 1.165) is 46.4 Å². The van der Waals surface area contributed by atoms with Crippen molar-refractivity contribution < 1.29 is 18.0 Å². The van der Waals surface area contributed by atoms with Crippen molar-refractivity contribution in [3.8, 4) is 0 Å². The summed E-state index contributed by atoms with van der Waals surface area (Å²) < 4.78 is 37.8. The van der Waals surface area contributed by atoms with E-state index in [1.165, 1.54) is 0 Å². The molecule has 0 saturated carbocycles. The van der Waals surface area contributed by atoms with Crippen LogP contribution < -0.4 is 5.32 Å². The maximum atomic E-state index is 12.6. The molecule has 1 N–H and O–H groups in total. The van der Waals surface area contributed by atoms with Crippen molar-refractivity contribution in [2.45, 2.75) is 32.1 Å². The van der Waals surface area contributed by atoms with Crippen LogP contribution in [0.3, 0.4) is 0 Å². The zero-order valence-corrected chi connectivity index (χ0v) is 14.2. The molecule has 0 aliphatic heterocycles. The maximum Gasteiger partial charge on any atom is 0.433 e. The number of aryl methyl sites for hydroxylation is 3. The minimum atomic E-state index is -4.53. The first-order valence-electron chi connectivity index (χ1n) is 7.07. The zero-order valence-electron chi connectivity index (χ0n) is 13.4. The lowest BCUT2D eigenvalue weighted by Crippen LogP contribution is -2.16. The maximum absolute atomic E-state index is 12.6. The number of carbonyl (C=O) groups is 1. The van der Waals surface area contributed by atoms with Crippen molar-refractivity contribution in [3.05, 3.63) is 46.8 Å². The summed E-state index contributed by atoms with van der Waals surface area (Å²) in [4.78, 5) is 19.2. The van der Waals surface area contributed by atoms with Crippen molar-refractivity contribution in [2.24, 2.45) is 0 Å². The molecular formula is C16H16F3N3OS. The number of amides is 1. The van der Waals surface area contributed by atoms with Gasteiger partial charge in [-0.15, -0.1) is 0 Å². The van der Waals surface area contributed by atoms with Crippen LogP contribution in [0.2, 0.25) is 0 Å². The third-order valence-electron chi connectivity index (χ3n) is 3.20. The van der Waals surface area contributed by atoms with Gasteiger partial charge in [0.2, 0.25) is 5.91 Å². The number of anilines is 1. The summed E-state index contributed by atoms with van der Waals surface area (Å²) in [7, 11) is 0. The van der Waals surface area contributed by atoms with Gasteiger partial charge in [-0.1, -0.05) is 29.5 Å². The monoisotopic (exact) mass is 355 g/mol. The molecule has 0 bridgehead atoms. The van der Waals surface area contributed by atoms with Gasteiger partial charge in [0.15, 0.2) is 5.16 Å². The Hall–Kier alpha value is -2.09. The largest absolute Gasteiger partial charge is 0.433 e. The van der Waals surface area contributed by atoms with E-state index in [4.69, 9.17) is 0 Å². The number of nitrogens with one attached hydrogen (secondary N) is 1. The van der Waals surface area contributed by atoms with Crippen LogP contribution in [-0.2, 0) is 11.0 Å². The van der Waals surface area contributed by atoms with Gasteiger partial charge in [-0.25, -0.2) is 9.97 Å². The van der Waals surface area contributed by atoms with E-state index in [0.29, 0.717) is 0 Å². The van der Waals surface area contributed by atoms with E-state index >= 15 is 0 Å². The van der Waals surface area contributed by atoms with E-state index in [2.05, 4.69) is 15.3 Å². The molecule has 2 aromatic rings. The minimum Gasteiger partial charge on any atom is -0.325 e. The van der Waals surface area contributed by atoms with E-state index in [-0.39, 0.29) is 16.8 Å². The normalized spacial score (nSPS) is 11.4. The molecule has 0 unspecified atom stereocenters. The van der Waals surface area contributed by atoms with Gasteiger partial charge in [0.25, 0.3) is 0 Å². The Morgan fingerprint density at radius 1 is 1.21 bits per heavy atom. The molecule has 1 heterocycles. The van der Waals surface area contributed by atoms with Crippen LogP contribution in [0.1, 0.15) is 22.4 Å². The van der Waals surface area contributed by atoms with Crippen molar-refractivity contribution in [3.63, 3.8) is 0 Å². The van der Waals surface area contributed by atoms with Gasteiger partial charge >= 0.3 is 6.18 Å². The van der Waals surface area contributed by atoms with Gasteiger partial charge in [-0.05, 0) is 38.0 Å². The molecule has 0 radical (unpaired) electrons. The summed E-state index contributed by atoms with van der Waals surface area (Å²) in [6, 6.07) is 4.69. The van der Waals surface area contributed by atoms with Crippen LogP contribution in [0, 0.1) is 20.8 Å². The smallest absolute Gasteiger partial charge is 0.325 e. The molecule has 0 atom stereocenters. The van der Waals surface area contributed by atoms with Crippen molar-refractivity contribution in [1.29, 1.82) is 0 Å². The van der Waals surface area contributed by atoms with Crippen LogP contribution in [0.5, 0.6) is 0 Å². The summed E-state index contributed by atoms with van der Waals surface area (Å²) in [5.74, 6) is -0.398. The minimum absolute atomic E-state index is 0.0753. The average Bonchev–Trinajstić information content (AvgIpc) is 2.48. The first kappa shape index (κ1) is 18.3. The molecule has 4 nitrogen and oxygen atoms in total. The lowest BCUT2D eigenvalue weighted by molar-refractivity contribution is -0.141. The number of rotatable bonds is 4. The molecule has 24 heavy (non-hydrogen) atoms. The quantitative estimate of drug-likeness (QED) is 0.661. The van der Waals surface area contributed by atoms with Gasteiger partial charge in [0, 0.05) is 11.9 Å². The van der Waals surface area contributed by atoms with Crippen LogP contribution in [0.4, 0.5) is 18.9 Å². The van der Waals surface area contributed by atoms with Gasteiger partial charge in [0.05, 0.1) is 5.75 Å². The number of nitrogens with zero attached hydrogens (tertiary/aromatic N) is 2. The topological polar surface area (TPSA) is 54.9 Å². The Bertz CT molecular complexity index is 739. The molecule has 0 spiro atoms. The molecule has 1 aromatic heterocycles. The number of thioether (sulfide) groups is 1. The fourth-order valence-corrected chi connectivity index (χ4v) is 2.88. The summed E-state index contributed by atoms with van der Waals surface area (Å²) >= 11 is 0.859. The molecule has 1 aromatic carbocycles. The predicted octanol–water partition coefficient (Wildman–Crippen LogP) is 4.15. The van der Waals surface area contributed by atoms with E-state index in [1.807, 2.05) is 32.9 Å². The Labute approximate surface area is 141 Å². The first-order valence-corrected chi connectivity index (χ1v) is 8.06. The number of hydrogen-bond acceptors (Lipinski definition) is 4. The lowest BCUT2D eigenvalue weighted by atomic mass is 10.1. The van der Waals surface area contributed by atoms with Crippen LogP contribution >= 0.6 is 11.8 Å². The third-order valence-corrected chi connectivity index (χ3v) is 4.06. The standard InChI is InChI=1S/C16H16F3N3OS/c1-9-6-10(2)14(11(3)7-9)22-13(23)8-24-15-20-5-4-12(21-15)16(17,18)19/h4-7H,8H2,1-3H3,(H,22,23). The third kappa shape index (κ3) is 4.70. The van der Waals surface area contributed by atoms with Crippen molar-refractivity contribution in [1.82, 2.24) is 9.97 Å². The first-order chi connectivity index (χ1) is 11.2. The second kappa shape index (κ2) is 7.21. The number of aromatic nitrogens is 2. The van der Waals surface area contributed by atoms with Gasteiger partial charge in [-0.2, -0.15) is 13.2 Å². The summed E-state index contributed by atoms with van der Waals surface area (Å²) in [5, 5.41) is 2.70. The van der Waals surface area contributed by atoms with Gasteiger partial charge in [0.1, 0.15) is 5.69 Å². The van der Waals surface area contributed by atoms with E-state index in [1.54, 1.807) is 0 Å². The number of alkyl halides is 3. The highest BCUT2D eigenvalue weighted by atomic mass is 32.2. The van der Waals surface area contributed by atoms with E-state index < -0.39 is 11.9 Å². The Morgan fingerprint density at radius 3 is 2.42 bits per heavy atom. The molecule has 0 saturated heterocycles. The highest BCUT2D eigenvalue weighted by Gasteiger charge is 2.32. The number of benzene rings is 1. The molecule has 0 aliphatic carbocycles. The van der Waals surface area contributed by atoms with Crippen molar-refractivity contribution in [2.75, 3.05) is 11.1 Å². The Kier molecular flexibility index (Phi) is 5.48. The summed E-state index contributed by atoms with van der Waals surface area (Å²) in [6.07, 6.45) is -3.50. The zero-order chi connectivity index (χ0) is 17.9. The van der Waals surface area contributed by atoms with Crippen LogP contribution in [-0.4, -0.2) is 21.6 Å². The fraction of sp³-hybridized carbons (Fsp3) is 0.312. The number of carbonyl (C=O) groups excluding carboxylic acids is 1. The van der Waals surface area contributed by atoms with E-state index in [9.17, 15) is 18.0 Å². The van der Waals surface area contributed by atoms with Crippen LogP contribution in [0.15, 0.2) is 29.6 Å². The SMILES string of the molecule is Cc1cc(C)c(NC(=O)CSc2nccc(C(F)(F)F)n2)c(C)c1. The number of hydrogen-bond donors (Lipinski definition) is 1. The molecule has 2 rings (SSSR count). The molecule has 0 aliphatic rings. The highest BCUT2D eigenvalue weighted by Crippen LogP contribution is 2.28. The summed E-state index contributed by atoms with van der Waals surface area (Å²) in [6.45, 7) is 5.74. The second-order valence-corrected chi connectivity index (χ2v) is 6.28. The van der Waals surface area contributed by atoms with Crippen molar-refractivity contribution >= 4 is 23.4 Å². The molecular weight excluding hydrogens is 339 g/mol. The Morgan fingerprint density at radius 2 is 1.83 bits per heavy atom. The molecule has 8 heteroatoms. The molecule has 128 valence electrons. The highest BCUT2D eigenvalue weighted by molar-refractivity contribution is 7.99. The second-order valence-electron chi connectivity index (χ2n) is 5.33. The number of halogens is 3. The average molecular weight is 355 g/mol. The van der Waals surface area contributed by atoms with Crippen LogP contribution in [0.25, 0.3) is 0 Å². The molecule has 1 amide bonds.